The Hall–Kier alpha value is -6.51. The van der Waals surface area contributed by atoms with Crippen LogP contribution in [0.25, 0.3) is 98.9 Å². The van der Waals surface area contributed by atoms with Gasteiger partial charge in [0, 0.05) is 22.5 Å². The van der Waals surface area contributed by atoms with Crippen LogP contribution in [-0.4, -0.2) is 4.98 Å². The molecule has 0 radical (unpaired) electrons. The molecule has 1 aliphatic carbocycles. The maximum atomic E-state index is 6.61. The number of pyridine rings is 1. The summed E-state index contributed by atoms with van der Waals surface area (Å²) in [4.78, 5) is 4.84. The van der Waals surface area contributed by atoms with Crippen molar-refractivity contribution in [3.05, 3.63) is 175 Å². The first-order valence-electron chi connectivity index (χ1n) is 17.6. The lowest BCUT2D eigenvalue weighted by atomic mass is 9.93. The average Bonchev–Trinajstić information content (AvgIpc) is 3.74. The summed E-state index contributed by atoms with van der Waals surface area (Å²) in [6.07, 6.45) is 2.89. The Balaban J connectivity index is 0.990. The molecule has 0 amide bonds. The minimum atomic E-state index is 0.892. The second kappa shape index (κ2) is 10.7. The molecule has 1 aliphatic rings. The van der Waals surface area contributed by atoms with Crippen molar-refractivity contribution in [2.45, 2.75) is 13.3 Å². The van der Waals surface area contributed by atoms with Gasteiger partial charge in [-0.15, -0.1) is 0 Å². The number of aromatic nitrogens is 1. The highest BCUT2D eigenvalue weighted by molar-refractivity contribution is 6.28. The number of aryl methyl sites for hydroxylation is 1. The number of benzene rings is 8. The van der Waals surface area contributed by atoms with E-state index in [-0.39, 0.29) is 0 Å². The van der Waals surface area contributed by atoms with Crippen LogP contribution < -0.4 is 0 Å². The van der Waals surface area contributed by atoms with Gasteiger partial charge in [0.2, 0.25) is 0 Å². The molecule has 238 valence electrons. The van der Waals surface area contributed by atoms with E-state index < -0.39 is 0 Å². The average molecular weight is 650 g/mol. The smallest absolute Gasteiger partial charge is 0.136 e. The van der Waals surface area contributed by atoms with E-state index in [1.54, 1.807) is 0 Å². The maximum Gasteiger partial charge on any atom is 0.136 e. The van der Waals surface area contributed by atoms with Crippen molar-refractivity contribution in [1.82, 2.24) is 4.98 Å². The van der Waals surface area contributed by atoms with Crippen LogP contribution in [0.15, 0.2) is 162 Å². The molecule has 0 saturated heterocycles. The molecule has 0 bridgehead atoms. The van der Waals surface area contributed by atoms with E-state index >= 15 is 0 Å². The van der Waals surface area contributed by atoms with Crippen LogP contribution in [0.4, 0.5) is 0 Å². The molecule has 10 aromatic rings. The third kappa shape index (κ3) is 4.40. The first-order chi connectivity index (χ1) is 25.1. The van der Waals surface area contributed by atoms with Crippen LogP contribution in [0.3, 0.4) is 0 Å². The molecule has 0 fully saturated rings. The summed E-state index contributed by atoms with van der Waals surface area (Å²) in [5.41, 5.74) is 15.3. The molecule has 2 aromatic heterocycles. The molecule has 0 atom stereocenters. The van der Waals surface area contributed by atoms with E-state index in [4.69, 9.17) is 9.40 Å². The summed E-state index contributed by atoms with van der Waals surface area (Å²) in [6, 6.07) is 55.4. The van der Waals surface area contributed by atoms with Gasteiger partial charge < -0.3 is 4.42 Å². The third-order valence-electron chi connectivity index (χ3n) is 11.0. The second-order valence-corrected chi connectivity index (χ2v) is 14.0. The number of hydrogen-bond acceptors (Lipinski definition) is 2. The molecular formula is C49H31NO. The maximum absolute atomic E-state index is 6.61. The Kier molecular flexibility index (Phi) is 5.97. The molecule has 0 N–H and O–H groups in total. The molecule has 2 nitrogen and oxygen atoms in total. The van der Waals surface area contributed by atoms with E-state index in [2.05, 4.69) is 159 Å². The van der Waals surface area contributed by atoms with Crippen molar-refractivity contribution in [3.63, 3.8) is 0 Å². The summed E-state index contributed by atoms with van der Waals surface area (Å²) in [5, 5.41) is 9.82. The molecule has 2 heteroatoms. The van der Waals surface area contributed by atoms with Gasteiger partial charge in [-0.3, -0.25) is 4.98 Å². The Bertz CT molecular complexity index is 3060. The minimum Gasteiger partial charge on any atom is -0.456 e. The second-order valence-electron chi connectivity index (χ2n) is 14.0. The standard InChI is InChI=1S/C49H31NO/c1-29-10-12-30(13-11-29)31-14-15-34-22-35-16-17-36(24-43(35)42(34)23-31)47-25-33(20-21-50-47)32-18-19-41-46-27-44-39-8-4-2-6-37(39)38-7-3-5-9-40(38)45(44)28-49(46)51-48(41)26-32/h2-21,23-28H,22H2,1H3. The van der Waals surface area contributed by atoms with Crippen LogP contribution in [0.1, 0.15) is 16.7 Å². The zero-order valence-corrected chi connectivity index (χ0v) is 28.1. The molecule has 0 unspecified atom stereocenters. The minimum absolute atomic E-state index is 0.892. The lowest BCUT2D eigenvalue weighted by molar-refractivity contribution is 0.669. The van der Waals surface area contributed by atoms with Gasteiger partial charge in [-0.05, 0) is 139 Å². The highest BCUT2D eigenvalue weighted by Gasteiger charge is 2.20. The lowest BCUT2D eigenvalue weighted by Crippen LogP contribution is -1.88. The topological polar surface area (TPSA) is 26.0 Å². The predicted octanol–water partition coefficient (Wildman–Crippen LogP) is 13.3. The molecule has 11 rings (SSSR count). The molecule has 2 heterocycles. The molecule has 0 aliphatic heterocycles. The Morgan fingerprint density at radius 2 is 0.961 bits per heavy atom. The monoisotopic (exact) mass is 649 g/mol. The largest absolute Gasteiger partial charge is 0.456 e. The van der Waals surface area contributed by atoms with Gasteiger partial charge in [0.05, 0.1) is 5.69 Å². The first-order valence-corrected chi connectivity index (χ1v) is 17.6. The number of rotatable bonds is 3. The van der Waals surface area contributed by atoms with Crippen LogP contribution in [0.2, 0.25) is 0 Å². The fourth-order valence-corrected chi connectivity index (χ4v) is 8.37. The van der Waals surface area contributed by atoms with Crippen molar-refractivity contribution in [2.24, 2.45) is 0 Å². The number of furan rings is 1. The van der Waals surface area contributed by atoms with Gasteiger partial charge in [0.1, 0.15) is 11.2 Å². The van der Waals surface area contributed by atoms with Gasteiger partial charge in [0.25, 0.3) is 0 Å². The van der Waals surface area contributed by atoms with Crippen molar-refractivity contribution < 1.29 is 4.42 Å². The van der Waals surface area contributed by atoms with E-state index in [0.717, 1.165) is 50.7 Å². The van der Waals surface area contributed by atoms with Crippen molar-refractivity contribution >= 4 is 54.3 Å². The van der Waals surface area contributed by atoms with Gasteiger partial charge in [0.15, 0.2) is 0 Å². The van der Waals surface area contributed by atoms with E-state index in [0.29, 0.717) is 0 Å². The molecule has 51 heavy (non-hydrogen) atoms. The van der Waals surface area contributed by atoms with Crippen LogP contribution in [-0.2, 0) is 6.42 Å². The highest BCUT2D eigenvalue weighted by Crippen LogP contribution is 2.43. The van der Waals surface area contributed by atoms with Crippen molar-refractivity contribution in [3.8, 4) is 44.6 Å². The molecule has 0 saturated carbocycles. The summed E-state index contributed by atoms with van der Waals surface area (Å²) in [6.45, 7) is 2.13. The Labute approximate surface area is 295 Å². The van der Waals surface area contributed by atoms with Gasteiger partial charge in [-0.2, -0.15) is 0 Å². The number of fused-ring (bicyclic) bond motifs is 12. The van der Waals surface area contributed by atoms with E-state index in [9.17, 15) is 0 Å². The summed E-state index contributed by atoms with van der Waals surface area (Å²) >= 11 is 0. The Morgan fingerprint density at radius 1 is 0.412 bits per heavy atom. The summed E-state index contributed by atoms with van der Waals surface area (Å²) in [5.74, 6) is 0. The third-order valence-corrected chi connectivity index (χ3v) is 11.0. The normalized spacial score (nSPS) is 12.3. The van der Waals surface area contributed by atoms with Crippen LogP contribution in [0, 0.1) is 6.92 Å². The number of nitrogens with zero attached hydrogens (tertiary/aromatic N) is 1. The quantitative estimate of drug-likeness (QED) is 0.178. The van der Waals surface area contributed by atoms with Crippen molar-refractivity contribution in [1.29, 1.82) is 0 Å². The first kappa shape index (κ1) is 28.3. The van der Waals surface area contributed by atoms with Gasteiger partial charge in [-0.25, -0.2) is 0 Å². The van der Waals surface area contributed by atoms with E-state index in [1.807, 2.05) is 6.20 Å². The zero-order valence-electron chi connectivity index (χ0n) is 28.1. The summed E-state index contributed by atoms with van der Waals surface area (Å²) < 4.78 is 6.61. The fourth-order valence-electron chi connectivity index (χ4n) is 8.37. The molecular weight excluding hydrogens is 619 g/mol. The van der Waals surface area contributed by atoms with Crippen LogP contribution in [0.5, 0.6) is 0 Å². The summed E-state index contributed by atoms with van der Waals surface area (Å²) in [7, 11) is 0. The fraction of sp³-hybridized carbons (Fsp3) is 0.0408. The van der Waals surface area contributed by atoms with E-state index in [1.165, 1.54) is 71.3 Å². The number of hydrogen-bond donors (Lipinski definition) is 0. The highest BCUT2D eigenvalue weighted by atomic mass is 16.3. The SMILES string of the molecule is Cc1ccc(-c2ccc3c(c2)-c2cc(-c4cc(-c5ccc6c(c5)oc5cc7c8ccccc8c8ccccc8c7cc56)ccn4)ccc2C3)cc1. The molecule has 8 aromatic carbocycles. The van der Waals surface area contributed by atoms with Crippen LogP contribution >= 0.6 is 0 Å². The Morgan fingerprint density at radius 3 is 1.69 bits per heavy atom. The predicted molar refractivity (Wildman–Crippen MR) is 213 cm³/mol. The van der Waals surface area contributed by atoms with Gasteiger partial charge in [-0.1, -0.05) is 109 Å². The lowest BCUT2D eigenvalue weighted by Gasteiger charge is -2.10. The van der Waals surface area contributed by atoms with Gasteiger partial charge >= 0.3 is 0 Å². The zero-order chi connectivity index (χ0) is 33.6. The van der Waals surface area contributed by atoms with Crippen molar-refractivity contribution in [2.75, 3.05) is 0 Å². The molecule has 0 spiro atoms.